The van der Waals surface area contributed by atoms with Gasteiger partial charge in [0.15, 0.2) is 0 Å². The molecule has 1 aliphatic heterocycles. The van der Waals surface area contributed by atoms with E-state index in [9.17, 15) is 4.79 Å². The van der Waals surface area contributed by atoms with Crippen molar-refractivity contribution in [1.29, 1.82) is 0 Å². The van der Waals surface area contributed by atoms with Crippen LogP contribution in [0.3, 0.4) is 0 Å². The minimum Gasteiger partial charge on any atom is -0.462 e. The van der Waals surface area contributed by atoms with Crippen LogP contribution in [0.25, 0.3) is 0 Å². The highest BCUT2D eigenvalue weighted by Gasteiger charge is 2.29. The number of carbonyl (C=O) groups is 1. The molecule has 1 saturated heterocycles. The Kier molecular flexibility index (Phi) is 0.733. The highest BCUT2D eigenvalue weighted by atomic mass is 35.5. The van der Waals surface area contributed by atoms with E-state index in [0.29, 0.717) is 12.0 Å². The number of rotatable bonds is 0. The van der Waals surface area contributed by atoms with Crippen LogP contribution in [-0.2, 0) is 9.53 Å². The van der Waals surface area contributed by atoms with Gasteiger partial charge in [-0.05, 0) is 0 Å². The van der Waals surface area contributed by atoms with Gasteiger partial charge in [-0.3, -0.25) is 0 Å². The maximum Gasteiger partial charge on any atom is 0.333 e. The Morgan fingerprint density at radius 2 is 2.33 bits per heavy atom. The first kappa shape index (κ1) is 3.93. The molecule has 0 aromatic rings. The molecule has 1 heterocycles. The third-order valence-corrected chi connectivity index (χ3v) is 0.815. The highest BCUT2D eigenvalue weighted by Crippen LogP contribution is 2.17. The van der Waals surface area contributed by atoms with Gasteiger partial charge in [0, 0.05) is 0 Å². The van der Waals surface area contributed by atoms with E-state index in [1.54, 1.807) is 0 Å². The average molecular weight is 106 g/mol. The molecule has 1 fully saturated rings. The van der Waals surface area contributed by atoms with Crippen molar-refractivity contribution in [1.82, 2.24) is 0 Å². The van der Waals surface area contributed by atoms with Crippen LogP contribution in [0.4, 0.5) is 0 Å². The van der Waals surface area contributed by atoms with Crippen molar-refractivity contribution in [3.8, 4) is 0 Å². The summed E-state index contributed by atoms with van der Waals surface area (Å²) in [4.78, 5) is 9.84. The average Bonchev–Trinajstić information content (AvgIpc) is 1.61. The summed E-state index contributed by atoms with van der Waals surface area (Å²) >= 11 is 5.14. The van der Waals surface area contributed by atoms with E-state index in [-0.39, 0.29) is 5.97 Å². The van der Waals surface area contributed by atoms with E-state index in [1.807, 2.05) is 0 Å². The summed E-state index contributed by atoms with van der Waals surface area (Å²) in [6.07, 6.45) is 0. The molecule has 33 valence electrons. The molecular weight excluding hydrogens is 103 g/mol. The van der Waals surface area contributed by atoms with Crippen molar-refractivity contribution in [2.24, 2.45) is 0 Å². The summed E-state index contributed by atoms with van der Waals surface area (Å²) in [6.45, 7) is 0.306. The van der Waals surface area contributed by atoms with Gasteiger partial charge in [-0.1, -0.05) is 0 Å². The monoisotopic (exact) mass is 105 g/mol. The van der Waals surface area contributed by atoms with Crippen LogP contribution in [0, 0.1) is 5.38 Å². The molecule has 0 atom stereocenters. The van der Waals surface area contributed by atoms with Gasteiger partial charge in [-0.15, -0.1) is 11.6 Å². The maximum absolute atomic E-state index is 9.84. The van der Waals surface area contributed by atoms with Crippen molar-refractivity contribution in [2.75, 3.05) is 6.61 Å². The lowest BCUT2D eigenvalue weighted by atomic mass is 10.4. The molecule has 0 bridgehead atoms. The van der Waals surface area contributed by atoms with Gasteiger partial charge in [-0.25, -0.2) is 4.79 Å². The predicted molar refractivity (Wildman–Crippen MR) is 20.1 cm³/mol. The van der Waals surface area contributed by atoms with E-state index in [1.165, 1.54) is 0 Å². The van der Waals surface area contributed by atoms with Crippen molar-refractivity contribution < 1.29 is 9.53 Å². The SMILES string of the molecule is O=C1OC[C]1Cl. The number of hydrogen-bond acceptors (Lipinski definition) is 2. The van der Waals surface area contributed by atoms with Crippen LogP contribution in [0.2, 0.25) is 0 Å². The number of carbonyl (C=O) groups excluding carboxylic acids is 1. The molecule has 0 N–H and O–H groups in total. The molecule has 0 aromatic heterocycles. The summed E-state index contributed by atoms with van der Waals surface area (Å²) in [6, 6.07) is 0. The van der Waals surface area contributed by atoms with Crippen molar-refractivity contribution in [2.45, 2.75) is 0 Å². The largest absolute Gasteiger partial charge is 0.462 e. The summed E-state index contributed by atoms with van der Waals surface area (Å²) in [5.74, 6) is -0.378. The molecule has 0 aliphatic carbocycles. The number of esters is 1. The quantitative estimate of drug-likeness (QED) is 0.415. The second kappa shape index (κ2) is 1.12. The molecule has 2 nitrogen and oxygen atoms in total. The third-order valence-electron chi connectivity index (χ3n) is 0.551. The summed E-state index contributed by atoms with van der Waals surface area (Å²) < 4.78 is 4.23. The Balaban J connectivity index is 2.39. The van der Waals surface area contributed by atoms with Crippen LogP contribution >= 0.6 is 11.6 Å². The first-order valence-electron chi connectivity index (χ1n) is 1.49. The Bertz CT molecular complexity index is 80.9. The fourth-order valence-electron chi connectivity index (χ4n) is 0.186. The highest BCUT2D eigenvalue weighted by molar-refractivity contribution is 6.39. The Hall–Kier alpha value is -0.240. The number of halogens is 1. The molecule has 1 rings (SSSR count). The minimum absolute atomic E-state index is 0.301. The molecule has 0 unspecified atom stereocenters. The van der Waals surface area contributed by atoms with E-state index in [2.05, 4.69) is 4.74 Å². The van der Waals surface area contributed by atoms with Gasteiger partial charge in [0.2, 0.25) is 5.38 Å². The molecular formula is C3H2ClO2. The third kappa shape index (κ3) is 0.373. The van der Waals surface area contributed by atoms with E-state index in [0.717, 1.165) is 0 Å². The molecule has 6 heavy (non-hydrogen) atoms. The molecule has 1 aliphatic rings. The Morgan fingerprint density at radius 3 is 2.33 bits per heavy atom. The van der Waals surface area contributed by atoms with Crippen LogP contribution in [0.5, 0.6) is 0 Å². The molecule has 0 spiro atoms. The second-order valence-electron chi connectivity index (χ2n) is 0.981. The van der Waals surface area contributed by atoms with Crippen LogP contribution < -0.4 is 0 Å². The smallest absolute Gasteiger partial charge is 0.333 e. The topological polar surface area (TPSA) is 26.3 Å². The van der Waals surface area contributed by atoms with Crippen LogP contribution in [0.1, 0.15) is 0 Å². The zero-order valence-corrected chi connectivity index (χ0v) is 3.66. The van der Waals surface area contributed by atoms with Crippen LogP contribution in [-0.4, -0.2) is 12.6 Å². The van der Waals surface area contributed by atoms with Crippen molar-refractivity contribution >= 4 is 17.6 Å². The summed E-state index contributed by atoms with van der Waals surface area (Å²) in [5, 5.41) is 0.301. The Morgan fingerprint density at radius 1 is 1.83 bits per heavy atom. The zero-order valence-electron chi connectivity index (χ0n) is 2.90. The summed E-state index contributed by atoms with van der Waals surface area (Å²) in [7, 11) is 0. The number of hydrogen-bond donors (Lipinski definition) is 0. The van der Waals surface area contributed by atoms with Crippen molar-refractivity contribution in [3.05, 3.63) is 5.38 Å². The van der Waals surface area contributed by atoms with Gasteiger partial charge in [0.25, 0.3) is 0 Å². The van der Waals surface area contributed by atoms with Gasteiger partial charge >= 0.3 is 5.97 Å². The van der Waals surface area contributed by atoms with E-state index in [4.69, 9.17) is 11.6 Å². The van der Waals surface area contributed by atoms with Gasteiger partial charge in [-0.2, -0.15) is 0 Å². The first-order chi connectivity index (χ1) is 2.80. The van der Waals surface area contributed by atoms with Crippen LogP contribution in [0.15, 0.2) is 0 Å². The maximum atomic E-state index is 9.84. The Labute approximate surface area is 40.0 Å². The lowest BCUT2D eigenvalue weighted by Crippen LogP contribution is -2.27. The molecule has 0 amide bonds. The fourth-order valence-corrected chi connectivity index (χ4v) is 0.295. The van der Waals surface area contributed by atoms with Gasteiger partial charge in [0.05, 0.1) is 0 Å². The lowest BCUT2D eigenvalue weighted by molar-refractivity contribution is -0.149. The van der Waals surface area contributed by atoms with Gasteiger partial charge < -0.3 is 4.74 Å². The number of cyclic esters (lactones) is 1. The summed E-state index contributed by atoms with van der Waals surface area (Å²) in [5.41, 5.74) is 0. The van der Waals surface area contributed by atoms with Crippen molar-refractivity contribution in [3.63, 3.8) is 0 Å². The second-order valence-corrected chi connectivity index (χ2v) is 1.44. The van der Waals surface area contributed by atoms with E-state index < -0.39 is 0 Å². The van der Waals surface area contributed by atoms with E-state index >= 15 is 0 Å². The normalized spacial score (nSPS) is 22.5. The van der Waals surface area contributed by atoms with Gasteiger partial charge in [0.1, 0.15) is 6.61 Å². The number of ether oxygens (including phenoxy) is 1. The molecule has 0 saturated carbocycles. The molecule has 1 radical (unpaired) electrons. The molecule has 0 aromatic carbocycles. The lowest BCUT2D eigenvalue weighted by Gasteiger charge is -2.15. The standard InChI is InChI=1S/C3H2ClO2/c4-2-1-6-3(2)5/h1H2. The molecule has 3 heteroatoms. The fraction of sp³-hybridized carbons (Fsp3) is 0.333. The predicted octanol–water partition coefficient (Wildman–Crippen LogP) is 0.314. The zero-order chi connectivity index (χ0) is 4.57. The first-order valence-corrected chi connectivity index (χ1v) is 1.87. The minimum atomic E-state index is -0.378.